The fraction of sp³-hybridized carbons (Fsp3) is 1.00. The summed E-state index contributed by atoms with van der Waals surface area (Å²) in [6.07, 6.45) is 2.74. The monoisotopic (exact) mass is 154 g/mol. The Morgan fingerprint density at radius 3 is 2.82 bits per heavy atom. The molecule has 0 spiro atoms. The Balaban J connectivity index is 2.20. The van der Waals surface area contributed by atoms with Crippen molar-refractivity contribution in [3.63, 3.8) is 0 Å². The van der Waals surface area contributed by atoms with Crippen LogP contribution in [-0.4, -0.2) is 36.1 Å². The van der Waals surface area contributed by atoms with Crippen LogP contribution in [0.25, 0.3) is 0 Å². The average Bonchev–Trinajstić information content (AvgIpc) is 2.31. The van der Waals surface area contributed by atoms with Crippen molar-refractivity contribution in [3.8, 4) is 0 Å². The number of hydrogen-bond donors (Lipinski definition) is 1. The summed E-state index contributed by atoms with van der Waals surface area (Å²) in [6, 6.07) is 1.50. The van der Waals surface area contributed by atoms with E-state index in [1.54, 1.807) is 0 Å². The summed E-state index contributed by atoms with van der Waals surface area (Å²) < 4.78 is 0. The molecule has 11 heavy (non-hydrogen) atoms. The van der Waals surface area contributed by atoms with Crippen molar-refractivity contribution in [2.45, 2.75) is 44.3 Å². The van der Waals surface area contributed by atoms with Gasteiger partial charge in [-0.2, -0.15) is 0 Å². The molecule has 2 saturated heterocycles. The number of likely N-dealkylation sites (N-methyl/N-ethyl adjacent to an activating group) is 1. The number of rotatable bonds is 0. The molecule has 2 bridgehead atoms. The highest BCUT2D eigenvalue weighted by molar-refractivity contribution is 5.04. The third-order valence-corrected chi connectivity index (χ3v) is 3.57. The van der Waals surface area contributed by atoms with Crippen LogP contribution in [0.4, 0.5) is 0 Å². The number of fused-ring (bicyclic) bond motifs is 2. The lowest BCUT2D eigenvalue weighted by molar-refractivity contribution is 0.0780. The molecule has 2 aliphatic rings. The molecule has 0 amide bonds. The largest absolute Gasteiger partial charge is 0.308 e. The van der Waals surface area contributed by atoms with Gasteiger partial charge >= 0.3 is 0 Å². The van der Waals surface area contributed by atoms with Gasteiger partial charge in [-0.3, -0.25) is 4.90 Å². The van der Waals surface area contributed by atoms with E-state index in [0.29, 0.717) is 5.54 Å². The van der Waals surface area contributed by atoms with E-state index < -0.39 is 0 Å². The smallest absolute Gasteiger partial charge is 0.0303 e. The molecule has 0 radical (unpaired) electrons. The third-order valence-electron chi connectivity index (χ3n) is 3.57. The summed E-state index contributed by atoms with van der Waals surface area (Å²) in [5.74, 6) is 0. The maximum absolute atomic E-state index is 3.67. The first-order chi connectivity index (χ1) is 5.10. The second kappa shape index (κ2) is 2.20. The van der Waals surface area contributed by atoms with Crippen molar-refractivity contribution in [2.75, 3.05) is 13.6 Å². The molecular weight excluding hydrogens is 136 g/mol. The second-order valence-electron chi connectivity index (χ2n) is 4.53. The molecule has 2 heterocycles. The van der Waals surface area contributed by atoms with Gasteiger partial charge in [-0.1, -0.05) is 0 Å². The summed E-state index contributed by atoms with van der Waals surface area (Å²) in [6.45, 7) is 5.90. The molecule has 2 nitrogen and oxygen atoms in total. The van der Waals surface area contributed by atoms with Crippen LogP contribution in [0.3, 0.4) is 0 Å². The van der Waals surface area contributed by atoms with E-state index in [9.17, 15) is 0 Å². The van der Waals surface area contributed by atoms with Gasteiger partial charge in [0.25, 0.3) is 0 Å². The Hall–Kier alpha value is -0.0800. The molecule has 2 atom stereocenters. The third kappa shape index (κ3) is 1.00. The molecule has 0 aromatic heterocycles. The van der Waals surface area contributed by atoms with Crippen LogP contribution in [0.2, 0.25) is 0 Å². The van der Waals surface area contributed by atoms with Crippen LogP contribution < -0.4 is 5.32 Å². The molecule has 0 saturated carbocycles. The zero-order valence-electron chi connectivity index (χ0n) is 7.72. The molecule has 64 valence electrons. The lowest BCUT2D eigenvalue weighted by Gasteiger charge is -2.45. The highest BCUT2D eigenvalue weighted by atomic mass is 15.3. The summed E-state index contributed by atoms with van der Waals surface area (Å²) in [5.41, 5.74) is 0.368. The molecule has 0 aromatic rings. The van der Waals surface area contributed by atoms with Crippen LogP contribution in [-0.2, 0) is 0 Å². The van der Waals surface area contributed by atoms with Crippen LogP contribution in [0.1, 0.15) is 26.7 Å². The standard InChI is InChI=1S/C9H18N2/c1-9(2)8-5-4-7(10-8)6-11(9)3/h7-8,10H,4-6H2,1-3H3. The zero-order chi connectivity index (χ0) is 8.06. The molecule has 2 rings (SSSR count). The maximum atomic E-state index is 3.67. The van der Waals surface area contributed by atoms with E-state index in [2.05, 4.69) is 31.1 Å². The lowest BCUT2D eigenvalue weighted by atomic mass is 9.91. The van der Waals surface area contributed by atoms with Crippen LogP contribution in [0.5, 0.6) is 0 Å². The average molecular weight is 154 g/mol. The van der Waals surface area contributed by atoms with E-state index in [1.807, 2.05) is 0 Å². The van der Waals surface area contributed by atoms with E-state index in [1.165, 1.54) is 19.4 Å². The minimum absolute atomic E-state index is 0.368. The molecule has 0 aromatic carbocycles. The zero-order valence-corrected chi connectivity index (χ0v) is 7.72. The van der Waals surface area contributed by atoms with Gasteiger partial charge in [0.15, 0.2) is 0 Å². The van der Waals surface area contributed by atoms with Crippen molar-refractivity contribution in [3.05, 3.63) is 0 Å². The molecule has 2 fully saturated rings. The minimum atomic E-state index is 0.368. The van der Waals surface area contributed by atoms with Crippen molar-refractivity contribution < 1.29 is 0 Å². The molecule has 1 N–H and O–H groups in total. The van der Waals surface area contributed by atoms with Gasteiger partial charge in [-0.15, -0.1) is 0 Å². The molecular formula is C9H18N2. The van der Waals surface area contributed by atoms with Crippen molar-refractivity contribution >= 4 is 0 Å². The topological polar surface area (TPSA) is 15.3 Å². The van der Waals surface area contributed by atoms with Crippen LogP contribution in [0.15, 0.2) is 0 Å². The Morgan fingerprint density at radius 2 is 2.09 bits per heavy atom. The number of hydrogen-bond acceptors (Lipinski definition) is 2. The first-order valence-electron chi connectivity index (χ1n) is 4.58. The summed E-state index contributed by atoms with van der Waals surface area (Å²) >= 11 is 0. The van der Waals surface area contributed by atoms with E-state index in [4.69, 9.17) is 0 Å². The van der Waals surface area contributed by atoms with Gasteiger partial charge in [0.1, 0.15) is 0 Å². The van der Waals surface area contributed by atoms with Crippen molar-refractivity contribution in [2.24, 2.45) is 0 Å². The van der Waals surface area contributed by atoms with Gasteiger partial charge in [-0.25, -0.2) is 0 Å². The molecule has 2 unspecified atom stereocenters. The summed E-state index contributed by atoms with van der Waals surface area (Å²) in [4.78, 5) is 2.49. The lowest BCUT2D eigenvalue weighted by Crippen LogP contribution is -2.62. The predicted octanol–water partition coefficient (Wildman–Crippen LogP) is 0.831. The quantitative estimate of drug-likeness (QED) is 0.556. The Labute approximate surface area is 69.0 Å². The number of piperazine rings is 1. The van der Waals surface area contributed by atoms with Gasteiger partial charge in [0.2, 0.25) is 0 Å². The highest BCUT2D eigenvalue weighted by Crippen LogP contribution is 2.31. The normalized spacial score (nSPS) is 42.8. The highest BCUT2D eigenvalue weighted by Gasteiger charge is 2.43. The fourth-order valence-corrected chi connectivity index (χ4v) is 2.35. The maximum Gasteiger partial charge on any atom is 0.0303 e. The predicted molar refractivity (Wildman–Crippen MR) is 46.7 cm³/mol. The van der Waals surface area contributed by atoms with E-state index in [0.717, 1.165) is 12.1 Å². The summed E-state index contributed by atoms with van der Waals surface area (Å²) in [7, 11) is 2.24. The fourth-order valence-electron chi connectivity index (χ4n) is 2.35. The van der Waals surface area contributed by atoms with Gasteiger partial charge < -0.3 is 5.32 Å². The number of nitrogens with one attached hydrogen (secondary N) is 1. The molecule has 2 aliphatic heterocycles. The van der Waals surface area contributed by atoms with E-state index >= 15 is 0 Å². The van der Waals surface area contributed by atoms with Gasteiger partial charge in [0.05, 0.1) is 0 Å². The van der Waals surface area contributed by atoms with Crippen LogP contribution in [0, 0.1) is 0 Å². The Kier molecular flexibility index (Phi) is 1.52. The van der Waals surface area contributed by atoms with Crippen LogP contribution >= 0.6 is 0 Å². The first kappa shape index (κ1) is 7.56. The number of nitrogens with zero attached hydrogens (tertiary/aromatic N) is 1. The first-order valence-corrected chi connectivity index (χ1v) is 4.58. The van der Waals surface area contributed by atoms with E-state index in [-0.39, 0.29) is 0 Å². The Morgan fingerprint density at radius 1 is 1.36 bits per heavy atom. The molecule has 0 aliphatic carbocycles. The SMILES string of the molecule is CN1CC2CCC(N2)C1(C)C. The number of likely N-dealkylation sites (tertiary alicyclic amines) is 1. The molecule has 2 heteroatoms. The van der Waals surface area contributed by atoms with Gasteiger partial charge in [-0.05, 0) is 33.7 Å². The van der Waals surface area contributed by atoms with Gasteiger partial charge in [0, 0.05) is 24.2 Å². The summed E-state index contributed by atoms with van der Waals surface area (Å²) in [5, 5.41) is 3.67. The van der Waals surface area contributed by atoms with Crippen molar-refractivity contribution in [1.82, 2.24) is 10.2 Å². The minimum Gasteiger partial charge on any atom is -0.308 e. The second-order valence-corrected chi connectivity index (χ2v) is 4.53. The Bertz CT molecular complexity index is 165. The van der Waals surface area contributed by atoms with Crippen molar-refractivity contribution in [1.29, 1.82) is 0 Å².